The lowest BCUT2D eigenvalue weighted by Gasteiger charge is -2.35. The highest BCUT2D eigenvalue weighted by atomic mass is 16.5. The van der Waals surface area contributed by atoms with Gasteiger partial charge in [0.25, 0.3) is 0 Å². The normalized spacial score (nSPS) is 14.5. The van der Waals surface area contributed by atoms with Crippen LogP contribution in [0.4, 0.5) is 11.4 Å². The molecule has 1 aliphatic rings. The van der Waals surface area contributed by atoms with Crippen molar-refractivity contribution >= 4 is 17.3 Å². The fraction of sp³-hybridized carbons (Fsp3) is 0.300. The molecular formula is C20H22N4O2. The summed E-state index contributed by atoms with van der Waals surface area (Å²) in [6, 6.07) is 17.2. The van der Waals surface area contributed by atoms with Gasteiger partial charge in [0.2, 0.25) is 5.91 Å². The molecule has 3 rings (SSSR count). The van der Waals surface area contributed by atoms with E-state index in [9.17, 15) is 4.79 Å². The second-order valence-corrected chi connectivity index (χ2v) is 6.17. The zero-order valence-electron chi connectivity index (χ0n) is 14.8. The predicted molar refractivity (Wildman–Crippen MR) is 101 cm³/mol. The van der Waals surface area contributed by atoms with Gasteiger partial charge in [0, 0.05) is 37.9 Å². The van der Waals surface area contributed by atoms with Crippen LogP contribution in [0.1, 0.15) is 5.56 Å². The van der Waals surface area contributed by atoms with Crippen molar-refractivity contribution in [3.8, 4) is 11.8 Å². The van der Waals surface area contributed by atoms with E-state index in [1.165, 1.54) is 0 Å². The molecular weight excluding hydrogens is 328 g/mol. The Morgan fingerprint density at radius 1 is 1.15 bits per heavy atom. The van der Waals surface area contributed by atoms with E-state index in [2.05, 4.69) is 27.3 Å². The van der Waals surface area contributed by atoms with Crippen LogP contribution in [0.15, 0.2) is 48.5 Å². The number of ether oxygens (including phenoxy) is 1. The van der Waals surface area contributed by atoms with Gasteiger partial charge < -0.3 is 15.0 Å². The Labute approximate surface area is 153 Å². The fourth-order valence-electron chi connectivity index (χ4n) is 3.05. The van der Waals surface area contributed by atoms with E-state index in [4.69, 9.17) is 10.00 Å². The van der Waals surface area contributed by atoms with Gasteiger partial charge >= 0.3 is 0 Å². The van der Waals surface area contributed by atoms with Gasteiger partial charge in [-0.3, -0.25) is 9.69 Å². The van der Waals surface area contributed by atoms with Gasteiger partial charge in [-0.25, -0.2) is 0 Å². The number of anilines is 2. The molecule has 1 heterocycles. The molecule has 0 aliphatic carbocycles. The standard InChI is InChI=1S/C20H22N4O2/c1-26-18-7-4-6-17(13-18)24-11-9-23(10-12-24)15-20(25)22-19-8-3-2-5-16(19)14-21/h2-8,13H,9-12,15H2,1H3,(H,22,25). The van der Waals surface area contributed by atoms with Gasteiger partial charge in [-0.15, -0.1) is 0 Å². The average Bonchev–Trinajstić information content (AvgIpc) is 2.69. The van der Waals surface area contributed by atoms with Crippen LogP contribution in [0.25, 0.3) is 0 Å². The molecule has 134 valence electrons. The van der Waals surface area contributed by atoms with Crippen LogP contribution in [-0.4, -0.2) is 50.6 Å². The Morgan fingerprint density at radius 3 is 2.65 bits per heavy atom. The Bertz CT molecular complexity index is 807. The summed E-state index contributed by atoms with van der Waals surface area (Å²) in [5.41, 5.74) is 2.18. The van der Waals surface area contributed by atoms with Crippen LogP contribution in [-0.2, 0) is 4.79 Å². The van der Waals surface area contributed by atoms with E-state index >= 15 is 0 Å². The smallest absolute Gasteiger partial charge is 0.238 e. The number of rotatable bonds is 5. The van der Waals surface area contributed by atoms with Crippen molar-refractivity contribution in [1.82, 2.24) is 4.90 Å². The number of piperazine rings is 1. The maximum atomic E-state index is 12.3. The first-order chi connectivity index (χ1) is 12.7. The first kappa shape index (κ1) is 17.8. The van der Waals surface area contributed by atoms with E-state index in [1.54, 1.807) is 25.3 Å². The molecule has 2 aromatic rings. The third-order valence-corrected chi connectivity index (χ3v) is 4.48. The van der Waals surface area contributed by atoms with E-state index < -0.39 is 0 Å². The number of hydrogen-bond acceptors (Lipinski definition) is 5. The summed E-state index contributed by atoms with van der Waals surface area (Å²) in [4.78, 5) is 16.7. The average molecular weight is 350 g/mol. The predicted octanol–water partition coefficient (Wildman–Crippen LogP) is 2.33. The fourth-order valence-corrected chi connectivity index (χ4v) is 3.05. The third kappa shape index (κ3) is 4.32. The summed E-state index contributed by atoms with van der Waals surface area (Å²) in [7, 11) is 1.67. The zero-order valence-corrected chi connectivity index (χ0v) is 14.8. The Kier molecular flexibility index (Phi) is 5.72. The molecule has 0 spiro atoms. The molecule has 1 fully saturated rings. The molecule has 0 unspecified atom stereocenters. The van der Waals surface area contributed by atoms with Crippen molar-refractivity contribution in [2.24, 2.45) is 0 Å². The molecule has 1 aliphatic heterocycles. The number of methoxy groups -OCH3 is 1. The van der Waals surface area contributed by atoms with Gasteiger partial charge in [0.1, 0.15) is 11.8 Å². The van der Waals surface area contributed by atoms with Crippen LogP contribution in [0.2, 0.25) is 0 Å². The lowest BCUT2D eigenvalue weighted by molar-refractivity contribution is -0.117. The molecule has 0 atom stereocenters. The minimum atomic E-state index is -0.0949. The molecule has 0 radical (unpaired) electrons. The lowest BCUT2D eigenvalue weighted by Crippen LogP contribution is -2.48. The van der Waals surface area contributed by atoms with Gasteiger partial charge in [0.15, 0.2) is 0 Å². The number of nitrogens with one attached hydrogen (secondary N) is 1. The molecule has 26 heavy (non-hydrogen) atoms. The molecule has 1 amide bonds. The first-order valence-electron chi connectivity index (χ1n) is 8.60. The number of carbonyl (C=O) groups is 1. The van der Waals surface area contributed by atoms with Crippen molar-refractivity contribution in [1.29, 1.82) is 5.26 Å². The lowest BCUT2D eigenvalue weighted by atomic mass is 10.2. The number of benzene rings is 2. The van der Waals surface area contributed by atoms with E-state index in [-0.39, 0.29) is 5.91 Å². The van der Waals surface area contributed by atoms with E-state index in [0.29, 0.717) is 17.8 Å². The Hall–Kier alpha value is -3.04. The minimum Gasteiger partial charge on any atom is -0.497 e. The monoisotopic (exact) mass is 350 g/mol. The van der Waals surface area contributed by atoms with E-state index in [1.807, 2.05) is 24.3 Å². The summed E-state index contributed by atoms with van der Waals surface area (Å²) in [6.45, 7) is 3.66. The number of amides is 1. The van der Waals surface area contributed by atoms with Crippen molar-refractivity contribution in [3.05, 3.63) is 54.1 Å². The molecule has 1 N–H and O–H groups in total. The van der Waals surface area contributed by atoms with Crippen LogP contribution in [0.5, 0.6) is 5.75 Å². The maximum Gasteiger partial charge on any atom is 0.238 e. The summed E-state index contributed by atoms with van der Waals surface area (Å²) in [5.74, 6) is 0.753. The van der Waals surface area contributed by atoms with Crippen molar-refractivity contribution in [3.63, 3.8) is 0 Å². The van der Waals surface area contributed by atoms with Crippen molar-refractivity contribution in [2.45, 2.75) is 0 Å². The summed E-state index contributed by atoms with van der Waals surface area (Å²) in [5, 5.41) is 11.9. The summed E-state index contributed by atoms with van der Waals surface area (Å²) < 4.78 is 5.28. The van der Waals surface area contributed by atoms with Gasteiger partial charge in [-0.2, -0.15) is 5.26 Å². The number of carbonyl (C=O) groups excluding carboxylic acids is 1. The Morgan fingerprint density at radius 2 is 1.92 bits per heavy atom. The molecule has 0 bridgehead atoms. The van der Waals surface area contributed by atoms with Crippen LogP contribution in [0.3, 0.4) is 0 Å². The molecule has 2 aromatic carbocycles. The van der Waals surface area contributed by atoms with Crippen LogP contribution in [0, 0.1) is 11.3 Å². The quantitative estimate of drug-likeness (QED) is 0.896. The van der Waals surface area contributed by atoms with Gasteiger partial charge in [-0.1, -0.05) is 18.2 Å². The summed E-state index contributed by atoms with van der Waals surface area (Å²) >= 11 is 0. The Balaban J connectivity index is 1.52. The highest BCUT2D eigenvalue weighted by Crippen LogP contribution is 2.22. The molecule has 0 aromatic heterocycles. The topological polar surface area (TPSA) is 68.6 Å². The maximum absolute atomic E-state index is 12.3. The summed E-state index contributed by atoms with van der Waals surface area (Å²) in [6.07, 6.45) is 0. The zero-order chi connectivity index (χ0) is 18.4. The highest BCUT2D eigenvalue weighted by molar-refractivity contribution is 5.93. The SMILES string of the molecule is COc1cccc(N2CCN(CC(=O)Nc3ccccc3C#N)CC2)c1. The van der Waals surface area contributed by atoms with Crippen LogP contribution >= 0.6 is 0 Å². The largest absolute Gasteiger partial charge is 0.497 e. The van der Waals surface area contributed by atoms with Crippen LogP contribution < -0.4 is 15.0 Å². The molecule has 0 saturated carbocycles. The van der Waals surface area contributed by atoms with Gasteiger partial charge in [-0.05, 0) is 24.3 Å². The number of para-hydroxylation sites is 1. The first-order valence-corrected chi connectivity index (χ1v) is 8.60. The second-order valence-electron chi connectivity index (χ2n) is 6.17. The minimum absolute atomic E-state index is 0.0949. The highest BCUT2D eigenvalue weighted by Gasteiger charge is 2.20. The van der Waals surface area contributed by atoms with E-state index in [0.717, 1.165) is 37.6 Å². The van der Waals surface area contributed by atoms with Crippen molar-refractivity contribution in [2.75, 3.05) is 50.1 Å². The number of nitriles is 1. The van der Waals surface area contributed by atoms with Gasteiger partial charge in [0.05, 0.1) is 24.9 Å². The molecule has 6 heteroatoms. The second kappa shape index (κ2) is 8.37. The molecule has 1 saturated heterocycles. The third-order valence-electron chi connectivity index (χ3n) is 4.48. The molecule has 6 nitrogen and oxygen atoms in total. The number of hydrogen-bond donors (Lipinski definition) is 1. The van der Waals surface area contributed by atoms with Crippen molar-refractivity contribution < 1.29 is 9.53 Å². The number of nitrogens with zero attached hydrogens (tertiary/aromatic N) is 3.